The van der Waals surface area contributed by atoms with Gasteiger partial charge in [0.15, 0.2) is 0 Å². The first-order valence-corrected chi connectivity index (χ1v) is 7.47. The summed E-state index contributed by atoms with van der Waals surface area (Å²) in [6.45, 7) is 0. The first-order chi connectivity index (χ1) is 2.24. The van der Waals surface area contributed by atoms with E-state index in [1.54, 1.807) is 0 Å². The maximum Gasteiger partial charge on any atom is 0 e. The molecule has 0 aliphatic carbocycles. The fourth-order valence-corrected chi connectivity index (χ4v) is 0. The average molecular weight is 515 g/mol. The van der Waals surface area contributed by atoms with Gasteiger partial charge in [0, 0.05) is 25.8 Å². The predicted molar refractivity (Wildman–Crippen MR) is 12.0 cm³/mol. The van der Waals surface area contributed by atoms with Gasteiger partial charge in [-0.1, -0.05) is 0 Å². The van der Waals surface area contributed by atoms with E-state index >= 15 is 0 Å². The maximum absolute atomic E-state index is 8.67. The van der Waals surface area contributed by atoms with Gasteiger partial charge < -0.3 is 0 Å². The van der Waals surface area contributed by atoms with E-state index in [0.29, 0.717) is 0 Å². The van der Waals surface area contributed by atoms with Crippen molar-refractivity contribution in [2.75, 3.05) is 0 Å². The van der Waals surface area contributed by atoms with Crippen molar-refractivity contribution < 1.29 is 57.8 Å². The molecule has 0 spiro atoms. The Bertz CT molecular complexity index is 282. The van der Waals surface area contributed by atoms with Crippen LogP contribution in [0.25, 0.3) is 0 Å². The molecule has 8 heavy (non-hydrogen) atoms. The van der Waals surface area contributed by atoms with Crippen LogP contribution in [0.15, 0.2) is 0 Å². The molecule has 0 heterocycles. The Hall–Kier alpha value is 1.53. The Balaban J connectivity index is -0.000000125. The molecule has 3 radical (unpaired) electrons. The molecule has 0 aromatic heterocycles. The third-order valence-corrected chi connectivity index (χ3v) is 0. The molecule has 0 fully saturated rings. The van der Waals surface area contributed by atoms with Crippen molar-refractivity contribution in [3.8, 4) is 0 Å². The van der Waals surface area contributed by atoms with Crippen LogP contribution in [0, 0.1) is 0 Å². The maximum atomic E-state index is 8.67. The Morgan fingerprint density at radius 2 is 0.750 bits per heavy atom. The first kappa shape index (κ1) is 16.3. The molecule has 0 atom stereocenters. The number of hydrogen-bond donors (Lipinski definition) is 0. The molecule has 0 aromatic rings. The Labute approximate surface area is 83.8 Å². The van der Waals surface area contributed by atoms with Gasteiger partial charge in [0.25, 0.3) is 0 Å². The molecule has 44 valence electrons. The van der Waals surface area contributed by atoms with Crippen LogP contribution in [0.1, 0.15) is 0 Å². The molecule has 0 aliphatic heterocycles. The summed E-state index contributed by atoms with van der Waals surface area (Å²) in [5.74, 6) is 0. The molecular weight excluding hydrogens is 513 g/mol. The Morgan fingerprint density at radius 1 is 0.750 bits per heavy atom. The van der Waals surface area contributed by atoms with E-state index in [0.717, 1.165) is 0 Å². The minimum Gasteiger partial charge on any atom is 0 e. The van der Waals surface area contributed by atoms with Crippen molar-refractivity contribution in [1.29, 1.82) is 0 Å². The van der Waals surface area contributed by atoms with Crippen LogP contribution < -0.4 is 0 Å². The van der Waals surface area contributed by atoms with Gasteiger partial charge in [0.1, 0.15) is 0 Å². The zero-order chi connectivity index (χ0) is 5.45. The number of rotatable bonds is 0. The summed E-state index contributed by atoms with van der Waals surface area (Å²) in [5, 5.41) is 0. The second-order valence-corrected chi connectivity index (χ2v) is 6.10. The molecule has 0 N–H and O–H groups in total. The van der Waals surface area contributed by atoms with Gasteiger partial charge in [-0.2, -0.15) is 0 Å². The predicted octanol–water partition coefficient (Wildman–Crippen LogP) is -1.52. The largest absolute Gasteiger partial charge is 0 e. The van der Waals surface area contributed by atoms with Gasteiger partial charge in [0.05, 0.1) is 0 Å². The quantitative estimate of drug-likeness (QED) is 0.367. The first-order valence-electron chi connectivity index (χ1n) is 0.913. The molecule has 0 rings (SSSR count). The van der Waals surface area contributed by atoms with Crippen molar-refractivity contribution in [2.24, 2.45) is 0 Å². The van der Waals surface area contributed by atoms with Crippen LogP contribution >= 0.6 is 0 Å². The van der Waals surface area contributed by atoms with Gasteiger partial charge in [-0.05, 0) is 0 Å². The standard InChI is InChI=1S/5O.Pb.Sc.Ta.2H. The Morgan fingerprint density at radius 3 is 0.750 bits per heavy atom. The third kappa shape index (κ3) is 137. The fourth-order valence-electron chi connectivity index (χ4n) is 0. The smallest absolute Gasteiger partial charge is 0 e. The van der Waals surface area contributed by atoms with E-state index < -0.39 is 15.7 Å². The van der Waals surface area contributed by atoms with Gasteiger partial charge in [-0.25, -0.2) is 0 Å². The third-order valence-electron chi connectivity index (χ3n) is 0. The van der Waals surface area contributed by atoms with Crippen LogP contribution in [0.4, 0.5) is 0 Å². The zero-order valence-electron chi connectivity index (χ0n) is 3.77. The number of hydrogen-bond acceptors (Lipinski definition) is 5. The topological polar surface area (TPSA) is 85.3 Å². The second-order valence-electron chi connectivity index (χ2n) is 0.745. The van der Waals surface area contributed by atoms with Crippen LogP contribution in [0.5, 0.6) is 0 Å². The molecule has 8 heteroatoms. The summed E-state index contributed by atoms with van der Waals surface area (Å²) in [7, 11) is 0. The molecule has 0 unspecified atom stereocenters. The summed E-state index contributed by atoms with van der Waals surface area (Å²) < 4.78 is 43.4. The average Bonchev–Trinajstić information content (AvgIpc) is 0.650. The van der Waals surface area contributed by atoms with E-state index in [9.17, 15) is 0 Å². The second kappa shape index (κ2) is 3.64. The summed E-state index contributed by atoms with van der Waals surface area (Å²) in [6, 6.07) is 0. The van der Waals surface area contributed by atoms with Crippen LogP contribution in [-0.4, -0.2) is 27.3 Å². The van der Waals surface area contributed by atoms with Crippen molar-refractivity contribution >= 4 is 27.3 Å². The van der Waals surface area contributed by atoms with Crippen LogP contribution in [0.3, 0.4) is 0 Å². The molecule has 0 saturated heterocycles. The Kier molecular flexibility index (Phi) is 7.40. The van der Waals surface area contributed by atoms with Crippen molar-refractivity contribution in [3.05, 3.63) is 0 Å². The zero-order valence-corrected chi connectivity index (χ0v) is 14.3. The van der Waals surface area contributed by atoms with Crippen molar-refractivity contribution in [3.63, 3.8) is 0 Å². The van der Waals surface area contributed by atoms with E-state index in [1.807, 2.05) is 0 Å². The minimum absolute atomic E-state index is 0. The molecule has 0 saturated carbocycles. The van der Waals surface area contributed by atoms with Crippen LogP contribution in [0.2, 0.25) is 0 Å². The van der Waals surface area contributed by atoms with Gasteiger partial charge in [0.2, 0.25) is 0 Å². The fraction of sp³-hybridized carbons (Fsp3) is 0. The van der Waals surface area contributed by atoms with Crippen LogP contribution in [-0.2, 0) is 57.8 Å². The van der Waals surface area contributed by atoms with E-state index in [-0.39, 0.29) is 53.1 Å². The normalized spacial score (nSPS) is 7.50. The summed E-state index contributed by atoms with van der Waals surface area (Å²) in [6.07, 6.45) is 0. The van der Waals surface area contributed by atoms with Gasteiger partial charge in [-0.15, -0.1) is 0 Å². The minimum atomic E-state index is -8.05. The van der Waals surface area contributed by atoms with Crippen molar-refractivity contribution in [1.82, 2.24) is 0 Å². The molecule has 0 aliphatic rings. The SMILES string of the molecule is [O]=[Ta](=[O])(=[O])(=[O])=[O].[PbH2].[Sc]. The molecule has 0 amide bonds. The molecule has 0 aromatic carbocycles. The van der Waals surface area contributed by atoms with Crippen molar-refractivity contribution in [2.45, 2.75) is 0 Å². The van der Waals surface area contributed by atoms with E-state index in [2.05, 4.69) is 0 Å². The van der Waals surface area contributed by atoms with Gasteiger partial charge >= 0.3 is 59.2 Å². The van der Waals surface area contributed by atoms with Gasteiger partial charge in [-0.3, -0.25) is 0 Å². The van der Waals surface area contributed by atoms with E-state index in [4.69, 9.17) is 16.3 Å². The summed E-state index contributed by atoms with van der Waals surface area (Å²) >= 11 is -8.05. The molecular formula is H2O5PbScTa. The monoisotopic (exact) mass is 516 g/mol. The van der Waals surface area contributed by atoms with E-state index in [1.165, 1.54) is 0 Å². The summed E-state index contributed by atoms with van der Waals surface area (Å²) in [5.41, 5.74) is 0. The molecule has 0 bridgehead atoms. The summed E-state index contributed by atoms with van der Waals surface area (Å²) in [4.78, 5) is 0. The molecule has 5 nitrogen and oxygen atoms in total.